The highest BCUT2D eigenvalue weighted by Crippen LogP contribution is 2.27. The molecule has 0 radical (unpaired) electrons. The molecular weight excluding hydrogens is 275 g/mol. The van der Waals surface area contributed by atoms with Gasteiger partial charge in [-0.3, -0.25) is 0 Å². The number of halogens is 3. The first-order valence-corrected chi connectivity index (χ1v) is 6.70. The van der Waals surface area contributed by atoms with Crippen LogP contribution < -0.4 is 5.73 Å². The summed E-state index contributed by atoms with van der Waals surface area (Å²) in [7, 11) is 0. The minimum atomic E-state index is -1.22. The molecule has 1 atom stereocenters. The molecule has 0 fully saturated rings. The highest BCUT2D eigenvalue weighted by molar-refractivity contribution is 5.36. The van der Waals surface area contributed by atoms with E-state index in [4.69, 9.17) is 5.73 Å². The van der Waals surface area contributed by atoms with E-state index in [-0.39, 0.29) is 11.0 Å². The van der Waals surface area contributed by atoms with Crippen LogP contribution in [0, 0.1) is 17.5 Å². The van der Waals surface area contributed by atoms with Gasteiger partial charge in [0.2, 0.25) is 0 Å². The second-order valence-electron chi connectivity index (χ2n) is 6.14. The van der Waals surface area contributed by atoms with Gasteiger partial charge >= 0.3 is 0 Å². The Morgan fingerprint density at radius 3 is 1.90 bits per heavy atom. The van der Waals surface area contributed by atoms with Crippen LogP contribution in [0.15, 0.2) is 36.4 Å². The zero-order chi connectivity index (χ0) is 15.8. The van der Waals surface area contributed by atoms with Crippen LogP contribution in [0.4, 0.5) is 13.2 Å². The van der Waals surface area contributed by atoms with Gasteiger partial charge < -0.3 is 5.73 Å². The largest absolute Gasteiger partial charge is 0.320 e. The lowest BCUT2D eigenvalue weighted by Gasteiger charge is -2.20. The first-order chi connectivity index (χ1) is 9.70. The Balaban J connectivity index is 2.36. The molecule has 21 heavy (non-hydrogen) atoms. The molecule has 112 valence electrons. The number of hydrogen-bond acceptors (Lipinski definition) is 1. The van der Waals surface area contributed by atoms with Gasteiger partial charge in [0.25, 0.3) is 0 Å². The lowest BCUT2D eigenvalue weighted by Crippen LogP contribution is -2.16. The van der Waals surface area contributed by atoms with Gasteiger partial charge in [-0.15, -0.1) is 0 Å². The Morgan fingerprint density at radius 2 is 1.38 bits per heavy atom. The molecule has 0 bridgehead atoms. The maximum Gasteiger partial charge on any atom is 0.161 e. The van der Waals surface area contributed by atoms with E-state index in [9.17, 15) is 13.2 Å². The van der Waals surface area contributed by atoms with Gasteiger partial charge in [-0.2, -0.15) is 0 Å². The summed E-state index contributed by atoms with van der Waals surface area (Å²) in [6, 6.07) is 7.88. The zero-order valence-electron chi connectivity index (χ0n) is 12.3. The fourth-order valence-corrected chi connectivity index (χ4v) is 2.15. The minimum absolute atomic E-state index is 0.00411. The van der Waals surface area contributed by atoms with E-state index in [1.54, 1.807) is 12.1 Å². The summed E-state index contributed by atoms with van der Waals surface area (Å²) in [5.41, 5.74) is 7.67. The molecule has 4 heteroatoms. The predicted molar refractivity (Wildman–Crippen MR) is 77.5 cm³/mol. The molecule has 0 aliphatic carbocycles. The van der Waals surface area contributed by atoms with Gasteiger partial charge in [0.1, 0.15) is 5.82 Å². The molecule has 0 aliphatic heterocycles. The summed E-state index contributed by atoms with van der Waals surface area (Å²) in [6.07, 6.45) is 0. The Kier molecular flexibility index (Phi) is 4.10. The van der Waals surface area contributed by atoms with Crippen molar-refractivity contribution in [3.63, 3.8) is 0 Å². The van der Waals surface area contributed by atoms with Crippen molar-refractivity contribution in [2.24, 2.45) is 5.73 Å². The van der Waals surface area contributed by atoms with E-state index in [0.717, 1.165) is 11.6 Å². The van der Waals surface area contributed by atoms with Crippen LogP contribution >= 0.6 is 0 Å². The Hall–Kier alpha value is -1.81. The Bertz CT molecular complexity index is 642. The number of benzene rings is 2. The van der Waals surface area contributed by atoms with Crippen molar-refractivity contribution in [2.45, 2.75) is 32.2 Å². The van der Waals surface area contributed by atoms with Crippen molar-refractivity contribution < 1.29 is 13.2 Å². The molecule has 0 saturated heterocycles. The van der Waals surface area contributed by atoms with Crippen LogP contribution in [0.5, 0.6) is 0 Å². The summed E-state index contributed by atoms with van der Waals surface area (Å²) in [6.45, 7) is 6.24. The van der Waals surface area contributed by atoms with E-state index in [1.807, 2.05) is 12.1 Å². The quantitative estimate of drug-likeness (QED) is 0.813. The third kappa shape index (κ3) is 3.27. The van der Waals surface area contributed by atoms with Crippen molar-refractivity contribution in [2.75, 3.05) is 0 Å². The minimum Gasteiger partial charge on any atom is -0.320 e. The zero-order valence-corrected chi connectivity index (χ0v) is 12.3. The van der Waals surface area contributed by atoms with Crippen molar-refractivity contribution in [1.82, 2.24) is 0 Å². The highest BCUT2D eigenvalue weighted by atomic mass is 19.2. The van der Waals surface area contributed by atoms with E-state index < -0.39 is 23.5 Å². The standard InChI is InChI=1S/C17H18F3N/c1-17(2,3)11-6-4-10(5-7-11)16(21)12-8-14(19)15(20)9-13(12)18/h4-9,16H,21H2,1-3H3. The number of hydrogen-bond donors (Lipinski definition) is 1. The Labute approximate surface area is 122 Å². The molecule has 2 aromatic rings. The third-order valence-electron chi connectivity index (χ3n) is 3.51. The fourth-order valence-electron chi connectivity index (χ4n) is 2.15. The summed E-state index contributed by atoms with van der Waals surface area (Å²) in [5.74, 6) is -3.17. The van der Waals surface area contributed by atoms with Gasteiger partial charge in [-0.1, -0.05) is 45.0 Å². The first kappa shape index (κ1) is 15.6. The summed E-state index contributed by atoms with van der Waals surface area (Å²) >= 11 is 0. The molecule has 2 aromatic carbocycles. The number of rotatable bonds is 2. The maximum absolute atomic E-state index is 13.7. The van der Waals surface area contributed by atoms with Gasteiger partial charge in [0, 0.05) is 11.6 Å². The van der Waals surface area contributed by atoms with Crippen LogP contribution in [-0.2, 0) is 5.41 Å². The van der Waals surface area contributed by atoms with Crippen molar-refractivity contribution >= 4 is 0 Å². The summed E-state index contributed by atoms with van der Waals surface area (Å²) in [4.78, 5) is 0. The monoisotopic (exact) mass is 293 g/mol. The van der Waals surface area contributed by atoms with Gasteiger partial charge in [0.05, 0.1) is 6.04 Å². The molecule has 1 unspecified atom stereocenters. The lowest BCUT2D eigenvalue weighted by atomic mass is 9.86. The van der Waals surface area contributed by atoms with E-state index in [1.165, 1.54) is 0 Å². The SMILES string of the molecule is CC(C)(C)c1ccc(C(N)c2cc(F)c(F)cc2F)cc1. The number of nitrogens with two attached hydrogens (primary N) is 1. The highest BCUT2D eigenvalue weighted by Gasteiger charge is 2.19. The van der Waals surface area contributed by atoms with E-state index in [0.29, 0.717) is 11.6 Å². The lowest BCUT2D eigenvalue weighted by molar-refractivity contribution is 0.487. The van der Waals surface area contributed by atoms with Crippen LogP contribution in [0.2, 0.25) is 0 Å². The molecule has 0 aromatic heterocycles. The molecule has 2 rings (SSSR count). The molecule has 1 nitrogen and oxygen atoms in total. The van der Waals surface area contributed by atoms with Crippen LogP contribution in [-0.4, -0.2) is 0 Å². The third-order valence-corrected chi connectivity index (χ3v) is 3.51. The molecule has 0 amide bonds. The average Bonchev–Trinajstić information content (AvgIpc) is 2.41. The van der Waals surface area contributed by atoms with E-state index >= 15 is 0 Å². The smallest absolute Gasteiger partial charge is 0.161 e. The van der Waals surface area contributed by atoms with Crippen LogP contribution in [0.1, 0.15) is 43.5 Å². The molecular formula is C17H18F3N. The second kappa shape index (κ2) is 5.53. The molecule has 0 aliphatic rings. The van der Waals surface area contributed by atoms with Crippen LogP contribution in [0.25, 0.3) is 0 Å². The van der Waals surface area contributed by atoms with E-state index in [2.05, 4.69) is 20.8 Å². The molecule has 0 saturated carbocycles. The first-order valence-electron chi connectivity index (χ1n) is 6.70. The topological polar surface area (TPSA) is 26.0 Å². The Morgan fingerprint density at radius 1 is 0.857 bits per heavy atom. The van der Waals surface area contributed by atoms with Gasteiger partial charge in [-0.25, -0.2) is 13.2 Å². The average molecular weight is 293 g/mol. The molecule has 2 N–H and O–H groups in total. The van der Waals surface area contributed by atoms with Gasteiger partial charge in [-0.05, 0) is 22.6 Å². The molecule has 0 heterocycles. The van der Waals surface area contributed by atoms with Gasteiger partial charge in [0.15, 0.2) is 11.6 Å². The predicted octanol–water partition coefficient (Wildman–Crippen LogP) is 4.45. The maximum atomic E-state index is 13.7. The normalized spacial score (nSPS) is 13.3. The molecule has 0 spiro atoms. The van der Waals surface area contributed by atoms with Crippen LogP contribution in [0.3, 0.4) is 0 Å². The summed E-state index contributed by atoms with van der Waals surface area (Å²) < 4.78 is 40.0. The van der Waals surface area contributed by atoms with Crippen molar-refractivity contribution in [1.29, 1.82) is 0 Å². The second-order valence-corrected chi connectivity index (χ2v) is 6.14. The fraction of sp³-hybridized carbons (Fsp3) is 0.294. The van der Waals surface area contributed by atoms with Crippen molar-refractivity contribution in [3.8, 4) is 0 Å². The van der Waals surface area contributed by atoms with Crippen molar-refractivity contribution in [3.05, 3.63) is 70.5 Å². The summed E-state index contributed by atoms with van der Waals surface area (Å²) in [5, 5.41) is 0.